The third kappa shape index (κ3) is 3.47. The molecule has 1 aromatic carbocycles. The highest BCUT2D eigenvalue weighted by Crippen LogP contribution is 2.23. The second kappa shape index (κ2) is 5.87. The SMILES string of the molecule is Nc1ccc(C(=O)NCC2CCCC(O)C2)cc1. The van der Waals surface area contributed by atoms with Crippen molar-refractivity contribution >= 4 is 11.6 Å². The number of aliphatic hydroxyl groups is 1. The molecule has 1 aliphatic carbocycles. The lowest BCUT2D eigenvalue weighted by atomic mass is 9.87. The van der Waals surface area contributed by atoms with Crippen molar-refractivity contribution in [1.29, 1.82) is 0 Å². The number of carbonyl (C=O) groups is 1. The van der Waals surface area contributed by atoms with Crippen molar-refractivity contribution < 1.29 is 9.90 Å². The maximum absolute atomic E-state index is 11.9. The minimum absolute atomic E-state index is 0.0740. The predicted octanol–water partition coefficient (Wildman–Crippen LogP) is 1.55. The van der Waals surface area contributed by atoms with Gasteiger partial charge in [-0.15, -0.1) is 0 Å². The Morgan fingerprint density at radius 3 is 2.72 bits per heavy atom. The number of nitrogens with one attached hydrogen (secondary N) is 1. The molecule has 0 aliphatic heterocycles. The molecule has 4 nitrogen and oxygen atoms in total. The average Bonchev–Trinajstić information content (AvgIpc) is 2.37. The summed E-state index contributed by atoms with van der Waals surface area (Å²) in [6, 6.07) is 6.89. The number of rotatable bonds is 3. The van der Waals surface area contributed by atoms with E-state index in [2.05, 4.69) is 5.32 Å². The minimum Gasteiger partial charge on any atom is -0.399 e. The number of carbonyl (C=O) groups excluding carboxylic acids is 1. The standard InChI is InChI=1S/C14H20N2O2/c15-12-6-4-11(5-7-12)14(18)16-9-10-2-1-3-13(17)8-10/h4-7,10,13,17H,1-3,8-9,15H2,(H,16,18). The highest BCUT2D eigenvalue weighted by Gasteiger charge is 2.20. The number of nitrogens with two attached hydrogens (primary N) is 1. The third-order valence-electron chi connectivity index (χ3n) is 3.48. The van der Waals surface area contributed by atoms with Crippen LogP contribution in [0, 0.1) is 5.92 Å². The van der Waals surface area contributed by atoms with Crippen LogP contribution in [0.5, 0.6) is 0 Å². The van der Waals surface area contributed by atoms with E-state index < -0.39 is 0 Å². The monoisotopic (exact) mass is 248 g/mol. The van der Waals surface area contributed by atoms with Crippen LogP contribution < -0.4 is 11.1 Å². The zero-order chi connectivity index (χ0) is 13.0. The molecule has 2 atom stereocenters. The van der Waals surface area contributed by atoms with Crippen LogP contribution in [0.2, 0.25) is 0 Å². The summed E-state index contributed by atoms with van der Waals surface area (Å²) in [6.07, 6.45) is 3.62. The molecule has 0 spiro atoms. The van der Waals surface area contributed by atoms with E-state index in [0.717, 1.165) is 25.7 Å². The summed E-state index contributed by atoms with van der Waals surface area (Å²) in [6.45, 7) is 0.639. The first-order valence-corrected chi connectivity index (χ1v) is 6.47. The molecular formula is C14H20N2O2. The topological polar surface area (TPSA) is 75.4 Å². The molecular weight excluding hydrogens is 228 g/mol. The van der Waals surface area contributed by atoms with E-state index in [1.54, 1.807) is 24.3 Å². The number of aliphatic hydroxyl groups excluding tert-OH is 1. The van der Waals surface area contributed by atoms with Gasteiger partial charge in [0.15, 0.2) is 0 Å². The van der Waals surface area contributed by atoms with Gasteiger partial charge in [-0.25, -0.2) is 0 Å². The average molecular weight is 248 g/mol. The van der Waals surface area contributed by atoms with E-state index in [1.807, 2.05) is 0 Å². The van der Waals surface area contributed by atoms with E-state index in [0.29, 0.717) is 23.7 Å². The molecule has 1 aromatic rings. The molecule has 0 aromatic heterocycles. The normalized spacial score (nSPS) is 23.6. The zero-order valence-electron chi connectivity index (χ0n) is 10.4. The van der Waals surface area contributed by atoms with Crippen LogP contribution >= 0.6 is 0 Å². The summed E-state index contributed by atoms with van der Waals surface area (Å²) in [7, 11) is 0. The highest BCUT2D eigenvalue weighted by atomic mass is 16.3. The molecule has 4 N–H and O–H groups in total. The van der Waals surface area contributed by atoms with Gasteiger partial charge in [-0.3, -0.25) is 4.79 Å². The summed E-state index contributed by atoms with van der Waals surface area (Å²) in [5.41, 5.74) is 6.85. The Morgan fingerprint density at radius 2 is 2.06 bits per heavy atom. The van der Waals surface area contributed by atoms with Gasteiger partial charge in [0.25, 0.3) is 5.91 Å². The molecule has 2 unspecified atom stereocenters. The molecule has 0 bridgehead atoms. The number of hydrogen-bond acceptors (Lipinski definition) is 3. The molecule has 2 rings (SSSR count). The van der Waals surface area contributed by atoms with Gasteiger partial charge in [0.1, 0.15) is 0 Å². The van der Waals surface area contributed by atoms with Crippen LogP contribution in [0.3, 0.4) is 0 Å². The van der Waals surface area contributed by atoms with Crippen molar-refractivity contribution in [3.05, 3.63) is 29.8 Å². The van der Waals surface area contributed by atoms with Crippen molar-refractivity contribution in [2.45, 2.75) is 31.8 Å². The van der Waals surface area contributed by atoms with Crippen molar-refractivity contribution in [1.82, 2.24) is 5.32 Å². The quantitative estimate of drug-likeness (QED) is 0.710. The Hall–Kier alpha value is -1.55. The second-order valence-electron chi connectivity index (χ2n) is 5.02. The number of amides is 1. The van der Waals surface area contributed by atoms with Crippen molar-refractivity contribution in [2.24, 2.45) is 5.92 Å². The molecule has 0 saturated heterocycles. The fourth-order valence-corrected chi connectivity index (χ4v) is 2.42. The Balaban J connectivity index is 1.82. The highest BCUT2D eigenvalue weighted by molar-refractivity contribution is 5.94. The molecule has 1 aliphatic rings. The van der Waals surface area contributed by atoms with Crippen LogP contribution in [-0.2, 0) is 0 Å². The van der Waals surface area contributed by atoms with Crippen LogP contribution in [0.1, 0.15) is 36.0 Å². The minimum atomic E-state index is -0.197. The summed E-state index contributed by atoms with van der Waals surface area (Å²) in [4.78, 5) is 11.9. The molecule has 1 fully saturated rings. The second-order valence-corrected chi connectivity index (χ2v) is 5.02. The lowest BCUT2D eigenvalue weighted by Gasteiger charge is -2.25. The first-order valence-electron chi connectivity index (χ1n) is 6.47. The Bertz CT molecular complexity index is 403. The van der Waals surface area contributed by atoms with Gasteiger partial charge in [0, 0.05) is 17.8 Å². The van der Waals surface area contributed by atoms with E-state index in [-0.39, 0.29) is 12.0 Å². The number of hydrogen-bond donors (Lipinski definition) is 3. The van der Waals surface area contributed by atoms with Gasteiger partial charge >= 0.3 is 0 Å². The van der Waals surface area contributed by atoms with Gasteiger partial charge < -0.3 is 16.2 Å². The summed E-state index contributed by atoms with van der Waals surface area (Å²) >= 11 is 0. The Morgan fingerprint density at radius 1 is 1.33 bits per heavy atom. The van der Waals surface area contributed by atoms with Crippen LogP contribution in [-0.4, -0.2) is 23.7 Å². The van der Waals surface area contributed by atoms with Gasteiger partial charge in [-0.1, -0.05) is 6.42 Å². The number of benzene rings is 1. The van der Waals surface area contributed by atoms with Gasteiger partial charge in [-0.05, 0) is 49.4 Å². The maximum Gasteiger partial charge on any atom is 0.251 e. The van der Waals surface area contributed by atoms with Crippen LogP contribution in [0.25, 0.3) is 0 Å². The first kappa shape index (κ1) is 12.9. The lowest BCUT2D eigenvalue weighted by Crippen LogP contribution is -2.32. The summed E-state index contributed by atoms with van der Waals surface area (Å²) in [5, 5.41) is 12.5. The van der Waals surface area contributed by atoms with E-state index in [1.165, 1.54) is 0 Å². The zero-order valence-corrected chi connectivity index (χ0v) is 10.4. The predicted molar refractivity (Wildman–Crippen MR) is 71.2 cm³/mol. The third-order valence-corrected chi connectivity index (χ3v) is 3.48. The fraction of sp³-hybridized carbons (Fsp3) is 0.500. The molecule has 18 heavy (non-hydrogen) atoms. The van der Waals surface area contributed by atoms with E-state index in [9.17, 15) is 9.90 Å². The first-order chi connectivity index (χ1) is 8.65. The number of nitrogen functional groups attached to an aromatic ring is 1. The Kier molecular flexibility index (Phi) is 4.20. The van der Waals surface area contributed by atoms with E-state index in [4.69, 9.17) is 5.73 Å². The summed E-state index contributed by atoms with van der Waals surface area (Å²) < 4.78 is 0. The van der Waals surface area contributed by atoms with Gasteiger partial charge in [0.2, 0.25) is 0 Å². The fourth-order valence-electron chi connectivity index (χ4n) is 2.42. The van der Waals surface area contributed by atoms with Crippen molar-refractivity contribution in [2.75, 3.05) is 12.3 Å². The molecule has 1 amide bonds. The molecule has 0 radical (unpaired) electrons. The van der Waals surface area contributed by atoms with Crippen molar-refractivity contribution in [3.8, 4) is 0 Å². The van der Waals surface area contributed by atoms with Gasteiger partial charge in [0.05, 0.1) is 6.10 Å². The smallest absolute Gasteiger partial charge is 0.251 e. The molecule has 98 valence electrons. The number of anilines is 1. The van der Waals surface area contributed by atoms with Gasteiger partial charge in [-0.2, -0.15) is 0 Å². The summed E-state index contributed by atoms with van der Waals surface area (Å²) in [5.74, 6) is 0.321. The van der Waals surface area contributed by atoms with Crippen LogP contribution in [0.4, 0.5) is 5.69 Å². The van der Waals surface area contributed by atoms with Crippen molar-refractivity contribution in [3.63, 3.8) is 0 Å². The van der Waals surface area contributed by atoms with Crippen LogP contribution in [0.15, 0.2) is 24.3 Å². The lowest BCUT2D eigenvalue weighted by molar-refractivity contribution is 0.0874. The molecule has 0 heterocycles. The Labute approximate surface area is 107 Å². The maximum atomic E-state index is 11.9. The largest absolute Gasteiger partial charge is 0.399 e. The molecule has 1 saturated carbocycles. The van der Waals surface area contributed by atoms with E-state index >= 15 is 0 Å². The molecule has 4 heteroatoms.